The first-order valence-electron chi connectivity index (χ1n) is 15.8. The minimum absolute atomic E-state index is 0.101. The minimum Gasteiger partial charge on any atom is -0.461 e. The molecule has 1 aliphatic rings. The highest BCUT2D eigenvalue weighted by atomic mass is 32.3. The van der Waals surface area contributed by atoms with Crippen LogP contribution in [0.4, 0.5) is 0 Å². The molecule has 1 aliphatic heterocycles. The van der Waals surface area contributed by atoms with E-state index in [2.05, 4.69) is 33.2 Å². The predicted octanol–water partition coefficient (Wildman–Crippen LogP) is 5.06. The second kappa shape index (κ2) is 17.7. The molecule has 1 unspecified atom stereocenters. The van der Waals surface area contributed by atoms with Crippen LogP contribution in [0.3, 0.4) is 0 Å². The van der Waals surface area contributed by atoms with Crippen molar-refractivity contribution >= 4 is 26.6 Å². The van der Waals surface area contributed by atoms with E-state index in [1.54, 1.807) is 30.3 Å². The fraction of sp³-hybridized carbons (Fsp3) is 0.441. The number of nitrogens with one attached hydrogen (secondary N) is 1. The quantitative estimate of drug-likeness (QED) is 0.141. The molecule has 0 saturated carbocycles. The lowest BCUT2D eigenvalue weighted by Gasteiger charge is -2.35. The maximum atomic E-state index is 13.7. The molecule has 2 atom stereocenters. The summed E-state index contributed by atoms with van der Waals surface area (Å²) in [4.78, 5) is 13.7. The van der Waals surface area contributed by atoms with Gasteiger partial charge in [-0.2, -0.15) is 25.9 Å². The molecule has 1 fully saturated rings. The van der Waals surface area contributed by atoms with Crippen LogP contribution in [-0.4, -0.2) is 63.0 Å². The molecule has 3 aromatic rings. The Bertz CT molecular complexity index is 1510. The molecule has 0 aromatic heterocycles. The van der Waals surface area contributed by atoms with E-state index in [9.17, 15) is 21.6 Å². The average molecular weight is 673 g/mol. The molecule has 4 rings (SSSR count). The number of piperidine rings is 1. The van der Waals surface area contributed by atoms with E-state index in [1.165, 1.54) is 11.1 Å². The molecular formula is C34H44N2O8S2. The lowest BCUT2D eigenvalue weighted by molar-refractivity contribution is -0.155. The molecule has 0 bridgehead atoms. The van der Waals surface area contributed by atoms with Gasteiger partial charge in [0.15, 0.2) is 0 Å². The summed E-state index contributed by atoms with van der Waals surface area (Å²) >= 11 is 0. The normalized spacial score (nSPS) is 16.7. The van der Waals surface area contributed by atoms with Gasteiger partial charge in [0.2, 0.25) is 0 Å². The van der Waals surface area contributed by atoms with Crippen LogP contribution in [0.1, 0.15) is 61.6 Å². The number of nitrogens with zero attached hydrogens (tertiary/aromatic N) is 1. The Kier molecular flexibility index (Phi) is 13.7. The predicted molar refractivity (Wildman–Crippen MR) is 176 cm³/mol. The number of hydrogen-bond acceptors (Lipinski definition) is 7. The monoisotopic (exact) mass is 672 g/mol. The number of rotatable bonds is 18. The summed E-state index contributed by atoms with van der Waals surface area (Å²) in [7, 11) is -9.08. The second-order valence-corrected chi connectivity index (χ2v) is 14.4. The third kappa shape index (κ3) is 12.2. The number of benzene rings is 3. The number of carbonyl (C=O) groups excluding carboxylic acids is 1. The SMILES string of the molecule is O=C(OC(CCCc1ccccc1)CCCc1ccccc1)[C@@H]1CCCCN1S(=O)(=O)NC(COS(=O)(=O)O)Cc1ccccc1. The number of hydrogen-bond donors (Lipinski definition) is 2. The van der Waals surface area contributed by atoms with Crippen molar-refractivity contribution in [1.29, 1.82) is 0 Å². The molecule has 1 heterocycles. The Hall–Kier alpha value is -3.13. The number of carbonyl (C=O) groups is 1. The van der Waals surface area contributed by atoms with Gasteiger partial charge in [-0.05, 0) is 80.9 Å². The van der Waals surface area contributed by atoms with Crippen LogP contribution in [0.5, 0.6) is 0 Å². The lowest BCUT2D eigenvalue weighted by atomic mass is 10.0. The van der Waals surface area contributed by atoms with Crippen molar-refractivity contribution in [3.8, 4) is 0 Å². The number of aryl methyl sites for hydroxylation is 2. The Balaban J connectivity index is 1.44. The summed E-state index contributed by atoms with van der Waals surface area (Å²) in [6.07, 6.45) is 5.89. The van der Waals surface area contributed by atoms with Crippen molar-refractivity contribution in [2.24, 2.45) is 0 Å². The summed E-state index contributed by atoms with van der Waals surface area (Å²) in [5.74, 6) is -0.580. The van der Waals surface area contributed by atoms with Crippen LogP contribution in [-0.2, 0) is 53.6 Å². The van der Waals surface area contributed by atoms with Crippen LogP contribution in [0.25, 0.3) is 0 Å². The maximum Gasteiger partial charge on any atom is 0.397 e. The van der Waals surface area contributed by atoms with Gasteiger partial charge in [0, 0.05) is 6.54 Å². The van der Waals surface area contributed by atoms with Crippen molar-refractivity contribution in [2.45, 2.75) is 82.4 Å². The van der Waals surface area contributed by atoms with Gasteiger partial charge in [-0.1, -0.05) is 91.0 Å². The third-order valence-electron chi connectivity index (χ3n) is 8.04. The van der Waals surface area contributed by atoms with Crippen molar-refractivity contribution < 1.29 is 35.1 Å². The van der Waals surface area contributed by atoms with Gasteiger partial charge in [0.05, 0.1) is 12.6 Å². The summed E-state index contributed by atoms with van der Waals surface area (Å²) in [5.41, 5.74) is 3.14. The fourth-order valence-corrected chi connectivity index (χ4v) is 7.71. The van der Waals surface area contributed by atoms with Gasteiger partial charge in [0.25, 0.3) is 10.2 Å². The Morgan fingerprint density at radius 3 is 1.85 bits per heavy atom. The van der Waals surface area contributed by atoms with Gasteiger partial charge >= 0.3 is 16.4 Å². The molecule has 1 saturated heterocycles. The Labute approximate surface area is 273 Å². The number of ether oxygens (including phenoxy) is 1. The smallest absolute Gasteiger partial charge is 0.397 e. The summed E-state index contributed by atoms with van der Waals surface area (Å²) in [5, 5.41) is 0. The zero-order valence-electron chi connectivity index (χ0n) is 25.9. The molecule has 12 heteroatoms. The van der Waals surface area contributed by atoms with Gasteiger partial charge in [-0.15, -0.1) is 0 Å². The van der Waals surface area contributed by atoms with Crippen molar-refractivity contribution in [2.75, 3.05) is 13.2 Å². The zero-order chi connectivity index (χ0) is 32.8. The van der Waals surface area contributed by atoms with Gasteiger partial charge in [0.1, 0.15) is 12.1 Å². The Morgan fingerprint density at radius 1 is 0.804 bits per heavy atom. The molecule has 10 nitrogen and oxygen atoms in total. The summed E-state index contributed by atoms with van der Waals surface area (Å²) in [6.45, 7) is -0.514. The van der Waals surface area contributed by atoms with E-state index in [0.717, 1.165) is 35.6 Å². The van der Waals surface area contributed by atoms with E-state index >= 15 is 0 Å². The van der Waals surface area contributed by atoms with Crippen molar-refractivity contribution in [3.63, 3.8) is 0 Å². The van der Waals surface area contributed by atoms with Crippen molar-refractivity contribution in [1.82, 2.24) is 9.03 Å². The summed E-state index contributed by atoms with van der Waals surface area (Å²) < 4.78 is 73.4. The largest absolute Gasteiger partial charge is 0.461 e. The molecule has 0 radical (unpaired) electrons. The fourth-order valence-electron chi connectivity index (χ4n) is 5.77. The average Bonchev–Trinajstić information content (AvgIpc) is 3.04. The minimum atomic E-state index is -4.80. The van der Waals surface area contributed by atoms with Crippen LogP contribution in [0.2, 0.25) is 0 Å². The first-order chi connectivity index (χ1) is 22.1. The van der Waals surface area contributed by atoms with Crippen LogP contribution in [0, 0.1) is 0 Å². The molecule has 250 valence electrons. The molecule has 0 spiro atoms. The molecule has 2 N–H and O–H groups in total. The molecule has 46 heavy (non-hydrogen) atoms. The molecular weight excluding hydrogens is 629 g/mol. The van der Waals surface area contributed by atoms with Crippen LogP contribution in [0.15, 0.2) is 91.0 Å². The van der Waals surface area contributed by atoms with Crippen LogP contribution < -0.4 is 4.72 Å². The van der Waals surface area contributed by atoms with Gasteiger partial charge < -0.3 is 4.74 Å². The van der Waals surface area contributed by atoms with Gasteiger partial charge in [-0.25, -0.2) is 4.18 Å². The summed E-state index contributed by atoms with van der Waals surface area (Å²) in [6, 6.07) is 27.1. The Morgan fingerprint density at radius 2 is 1.33 bits per heavy atom. The molecule has 3 aromatic carbocycles. The van der Waals surface area contributed by atoms with E-state index in [1.807, 2.05) is 36.4 Å². The zero-order valence-corrected chi connectivity index (χ0v) is 27.6. The standard InChI is InChI=1S/C34H44N2O8S2/c37-34(44-32(22-12-20-28-14-4-1-5-15-28)23-13-21-29-16-6-2-7-17-29)33-24-10-11-25-36(33)45(38,39)35-31(27-43-46(40,41)42)26-30-18-8-3-9-19-30/h1-9,14-19,31-33,35H,10-13,20-27H2,(H,40,41,42)/t31?,33-/m0/s1. The van der Waals surface area contributed by atoms with E-state index < -0.39 is 45.3 Å². The van der Waals surface area contributed by atoms with E-state index in [-0.39, 0.29) is 19.1 Å². The lowest BCUT2D eigenvalue weighted by Crippen LogP contribution is -2.55. The highest BCUT2D eigenvalue weighted by Crippen LogP contribution is 2.24. The molecule has 0 amide bonds. The third-order valence-corrected chi connectivity index (χ3v) is 10.2. The van der Waals surface area contributed by atoms with E-state index in [0.29, 0.717) is 32.1 Å². The van der Waals surface area contributed by atoms with E-state index in [4.69, 9.17) is 9.29 Å². The highest BCUT2D eigenvalue weighted by molar-refractivity contribution is 7.87. The highest BCUT2D eigenvalue weighted by Gasteiger charge is 2.39. The topological polar surface area (TPSA) is 139 Å². The second-order valence-electron chi connectivity index (χ2n) is 11.7. The van der Waals surface area contributed by atoms with Crippen molar-refractivity contribution in [3.05, 3.63) is 108 Å². The van der Waals surface area contributed by atoms with Gasteiger partial charge in [-0.3, -0.25) is 9.35 Å². The number of esters is 1. The first-order valence-corrected chi connectivity index (χ1v) is 18.6. The first kappa shape index (κ1) is 35.7. The maximum absolute atomic E-state index is 13.7. The molecule has 0 aliphatic carbocycles. The van der Waals surface area contributed by atoms with Crippen LogP contribution >= 0.6 is 0 Å².